The molecule has 0 aliphatic carbocycles. The molecule has 0 radical (unpaired) electrons. The standard InChI is InChI=1S/C16H25NO2/c1-16(2,3)15-11-17(10-14(12-18)19-15)9-13-7-5-4-6-8-13/h4-8,14-15,18H,9-12H2,1-3H3/t14-,15+/m0/s1. The van der Waals surface area contributed by atoms with E-state index in [0.29, 0.717) is 0 Å². The van der Waals surface area contributed by atoms with E-state index in [1.165, 1.54) is 5.56 Å². The van der Waals surface area contributed by atoms with Crippen LogP contribution in [0, 0.1) is 5.41 Å². The van der Waals surface area contributed by atoms with Gasteiger partial charge in [-0.15, -0.1) is 0 Å². The number of rotatable bonds is 3. The molecule has 1 saturated heterocycles. The van der Waals surface area contributed by atoms with Gasteiger partial charge in [0.15, 0.2) is 0 Å². The van der Waals surface area contributed by atoms with Crippen molar-refractivity contribution in [1.29, 1.82) is 0 Å². The van der Waals surface area contributed by atoms with Crippen LogP contribution in [0.2, 0.25) is 0 Å². The lowest BCUT2D eigenvalue weighted by atomic mass is 9.87. The monoisotopic (exact) mass is 263 g/mol. The van der Waals surface area contributed by atoms with Crippen LogP contribution in [0.1, 0.15) is 26.3 Å². The first-order chi connectivity index (χ1) is 8.99. The molecular weight excluding hydrogens is 238 g/mol. The van der Waals surface area contributed by atoms with Gasteiger partial charge in [-0.2, -0.15) is 0 Å². The molecule has 0 unspecified atom stereocenters. The highest BCUT2D eigenvalue weighted by molar-refractivity contribution is 5.14. The maximum atomic E-state index is 9.41. The summed E-state index contributed by atoms with van der Waals surface area (Å²) < 4.78 is 5.98. The van der Waals surface area contributed by atoms with Crippen LogP contribution in [0.3, 0.4) is 0 Å². The summed E-state index contributed by atoms with van der Waals surface area (Å²) in [6.07, 6.45) is 0.101. The molecule has 0 bridgehead atoms. The molecule has 3 nitrogen and oxygen atoms in total. The zero-order valence-electron chi connectivity index (χ0n) is 12.2. The highest BCUT2D eigenvalue weighted by atomic mass is 16.5. The maximum absolute atomic E-state index is 9.41. The van der Waals surface area contributed by atoms with Gasteiger partial charge in [0.25, 0.3) is 0 Å². The molecule has 1 fully saturated rings. The Kier molecular flexibility index (Phi) is 4.61. The van der Waals surface area contributed by atoms with Crippen molar-refractivity contribution in [1.82, 2.24) is 4.90 Å². The summed E-state index contributed by atoms with van der Waals surface area (Å²) in [6, 6.07) is 10.5. The number of aliphatic hydroxyl groups excluding tert-OH is 1. The number of nitrogens with zero attached hydrogens (tertiary/aromatic N) is 1. The first-order valence-corrected chi connectivity index (χ1v) is 7.01. The molecule has 2 atom stereocenters. The Bertz CT molecular complexity index is 385. The maximum Gasteiger partial charge on any atom is 0.0937 e. The Labute approximate surface area is 116 Å². The second kappa shape index (κ2) is 6.04. The second-order valence-electron chi connectivity index (χ2n) is 6.48. The number of hydrogen-bond donors (Lipinski definition) is 1. The number of ether oxygens (including phenoxy) is 1. The molecule has 0 aromatic heterocycles. The average molecular weight is 263 g/mol. The van der Waals surface area contributed by atoms with Crippen LogP contribution in [0.15, 0.2) is 30.3 Å². The predicted molar refractivity (Wildman–Crippen MR) is 76.9 cm³/mol. The highest BCUT2D eigenvalue weighted by Gasteiger charge is 2.34. The summed E-state index contributed by atoms with van der Waals surface area (Å²) in [7, 11) is 0. The van der Waals surface area contributed by atoms with Crippen molar-refractivity contribution >= 4 is 0 Å². The van der Waals surface area contributed by atoms with Gasteiger partial charge in [0.05, 0.1) is 18.8 Å². The summed E-state index contributed by atoms with van der Waals surface area (Å²) in [5.74, 6) is 0. The highest BCUT2D eigenvalue weighted by Crippen LogP contribution is 2.28. The van der Waals surface area contributed by atoms with Gasteiger partial charge in [-0.3, -0.25) is 4.90 Å². The van der Waals surface area contributed by atoms with Gasteiger partial charge in [-0.05, 0) is 11.0 Å². The Morgan fingerprint density at radius 1 is 1.21 bits per heavy atom. The molecule has 1 aromatic carbocycles. The van der Waals surface area contributed by atoms with Crippen LogP contribution in [-0.4, -0.2) is 41.9 Å². The summed E-state index contributed by atoms with van der Waals surface area (Å²) in [5.41, 5.74) is 1.41. The molecule has 0 amide bonds. The SMILES string of the molecule is CC(C)(C)[C@H]1CN(Cc2ccccc2)C[C@@H](CO)O1. The minimum absolute atomic E-state index is 0.0679. The third-order valence-electron chi connectivity index (χ3n) is 3.66. The average Bonchev–Trinajstić information content (AvgIpc) is 2.38. The minimum atomic E-state index is -0.0679. The Morgan fingerprint density at radius 2 is 1.89 bits per heavy atom. The van der Waals surface area contributed by atoms with Crippen LogP contribution >= 0.6 is 0 Å². The Morgan fingerprint density at radius 3 is 2.47 bits per heavy atom. The first-order valence-electron chi connectivity index (χ1n) is 7.01. The fourth-order valence-electron chi connectivity index (χ4n) is 2.46. The van der Waals surface area contributed by atoms with Gasteiger partial charge >= 0.3 is 0 Å². The molecule has 19 heavy (non-hydrogen) atoms. The van der Waals surface area contributed by atoms with E-state index in [0.717, 1.165) is 19.6 Å². The molecule has 2 rings (SSSR count). The Balaban J connectivity index is 2.03. The van der Waals surface area contributed by atoms with Gasteiger partial charge in [-0.1, -0.05) is 51.1 Å². The van der Waals surface area contributed by atoms with Crippen molar-refractivity contribution in [2.45, 2.75) is 39.5 Å². The van der Waals surface area contributed by atoms with Crippen LogP contribution in [0.5, 0.6) is 0 Å². The molecule has 0 spiro atoms. The van der Waals surface area contributed by atoms with E-state index in [4.69, 9.17) is 4.74 Å². The summed E-state index contributed by atoms with van der Waals surface area (Å²) in [6.45, 7) is 9.33. The minimum Gasteiger partial charge on any atom is -0.394 e. The van der Waals surface area contributed by atoms with E-state index >= 15 is 0 Å². The smallest absolute Gasteiger partial charge is 0.0937 e. The molecule has 1 aromatic rings. The van der Waals surface area contributed by atoms with E-state index in [1.54, 1.807) is 0 Å². The van der Waals surface area contributed by atoms with Crippen LogP contribution in [0.4, 0.5) is 0 Å². The van der Waals surface area contributed by atoms with Gasteiger partial charge in [0.2, 0.25) is 0 Å². The van der Waals surface area contributed by atoms with E-state index < -0.39 is 0 Å². The quantitative estimate of drug-likeness (QED) is 0.908. The molecule has 106 valence electrons. The molecule has 1 heterocycles. The van der Waals surface area contributed by atoms with Crippen molar-refractivity contribution in [2.24, 2.45) is 5.41 Å². The van der Waals surface area contributed by atoms with Crippen LogP contribution < -0.4 is 0 Å². The lowest BCUT2D eigenvalue weighted by molar-refractivity contribution is -0.141. The van der Waals surface area contributed by atoms with E-state index in [-0.39, 0.29) is 24.2 Å². The largest absolute Gasteiger partial charge is 0.394 e. The van der Waals surface area contributed by atoms with Crippen LogP contribution in [-0.2, 0) is 11.3 Å². The topological polar surface area (TPSA) is 32.7 Å². The number of benzene rings is 1. The molecular formula is C16H25NO2. The lowest BCUT2D eigenvalue weighted by Crippen LogP contribution is -2.52. The molecule has 1 N–H and O–H groups in total. The fourth-order valence-corrected chi connectivity index (χ4v) is 2.46. The Hall–Kier alpha value is -0.900. The van der Waals surface area contributed by atoms with Crippen molar-refractivity contribution < 1.29 is 9.84 Å². The summed E-state index contributed by atoms with van der Waals surface area (Å²) in [5, 5.41) is 9.41. The van der Waals surface area contributed by atoms with Crippen molar-refractivity contribution in [3.63, 3.8) is 0 Å². The summed E-state index contributed by atoms with van der Waals surface area (Å²) in [4.78, 5) is 2.38. The molecule has 3 heteroatoms. The van der Waals surface area contributed by atoms with Crippen molar-refractivity contribution in [2.75, 3.05) is 19.7 Å². The van der Waals surface area contributed by atoms with Crippen LogP contribution in [0.25, 0.3) is 0 Å². The fraction of sp³-hybridized carbons (Fsp3) is 0.625. The first kappa shape index (κ1) is 14.5. The predicted octanol–water partition coefficient (Wildman–Crippen LogP) is 2.29. The molecule has 1 aliphatic rings. The molecule has 0 saturated carbocycles. The molecule has 1 aliphatic heterocycles. The van der Waals surface area contributed by atoms with Crippen molar-refractivity contribution in [3.05, 3.63) is 35.9 Å². The zero-order chi connectivity index (χ0) is 13.9. The van der Waals surface area contributed by atoms with Crippen molar-refractivity contribution in [3.8, 4) is 0 Å². The number of morpholine rings is 1. The third-order valence-corrected chi connectivity index (χ3v) is 3.66. The van der Waals surface area contributed by atoms with Gasteiger partial charge in [-0.25, -0.2) is 0 Å². The third kappa shape index (κ3) is 4.03. The van der Waals surface area contributed by atoms with E-state index in [9.17, 15) is 5.11 Å². The normalized spacial score (nSPS) is 25.5. The summed E-state index contributed by atoms with van der Waals surface area (Å²) >= 11 is 0. The second-order valence-corrected chi connectivity index (χ2v) is 6.48. The van der Waals surface area contributed by atoms with E-state index in [2.05, 4.69) is 49.9 Å². The number of hydrogen-bond acceptors (Lipinski definition) is 3. The van der Waals surface area contributed by atoms with Gasteiger partial charge in [0, 0.05) is 19.6 Å². The van der Waals surface area contributed by atoms with E-state index in [1.807, 2.05) is 6.07 Å². The van der Waals surface area contributed by atoms with Gasteiger partial charge in [0.1, 0.15) is 0 Å². The number of aliphatic hydroxyl groups is 1. The zero-order valence-corrected chi connectivity index (χ0v) is 12.2. The van der Waals surface area contributed by atoms with Gasteiger partial charge < -0.3 is 9.84 Å². The lowest BCUT2D eigenvalue weighted by Gasteiger charge is -2.43.